The van der Waals surface area contributed by atoms with E-state index in [9.17, 15) is 9.59 Å². The second-order valence-electron chi connectivity index (χ2n) is 7.80. The molecule has 0 fully saturated rings. The van der Waals surface area contributed by atoms with Crippen LogP contribution in [0.3, 0.4) is 0 Å². The van der Waals surface area contributed by atoms with Crippen LogP contribution in [-0.4, -0.2) is 40.3 Å². The first-order valence-electron chi connectivity index (χ1n) is 10.6. The zero-order valence-electron chi connectivity index (χ0n) is 19.4. The summed E-state index contributed by atoms with van der Waals surface area (Å²) in [6.07, 6.45) is 0. The van der Waals surface area contributed by atoms with E-state index in [1.54, 1.807) is 67.4 Å². The number of rotatable bonds is 7. The number of pyridine rings is 1. The Labute approximate surface area is 196 Å². The van der Waals surface area contributed by atoms with Crippen LogP contribution in [-0.2, 0) is 11.8 Å². The first-order valence-corrected chi connectivity index (χ1v) is 10.6. The van der Waals surface area contributed by atoms with Gasteiger partial charge in [-0.15, -0.1) is 5.10 Å². The lowest BCUT2D eigenvalue weighted by atomic mass is 10.2. The SMILES string of the molecule is COc1ccc(NC(=O)c2ccc(NC(=O)COc3nn(C)c4nc(C)cc(C)c34)cc2)cc1. The van der Waals surface area contributed by atoms with Crippen molar-refractivity contribution >= 4 is 34.2 Å². The topological polar surface area (TPSA) is 107 Å². The first-order chi connectivity index (χ1) is 16.3. The third-order valence-corrected chi connectivity index (χ3v) is 5.21. The zero-order chi connectivity index (χ0) is 24.2. The smallest absolute Gasteiger partial charge is 0.262 e. The van der Waals surface area contributed by atoms with Crippen molar-refractivity contribution in [3.63, 3.8) is 0 Å². The summed E-state index contributed by atoms with van der Waals surface area (Å²) < 4.78 is 12.4. The van der Waals surface area contributed by atoms with Gasteiger partial charge >= 0.3 is 0 Å². The van der Waals surface area contributed by atoms with Crippen molar-refractivity contribution in [1.82, 2.24) is 14.8 Å². The minimum Gasteiger partial charge on any atom is -0.497 e. The predicted molar refractivity (Wildman–Crippen MR) is 129 cm³/mol. The molecular formula is C25H25N5O4. The molecule has 2 N–H and O–H groups in total. The second-order valence-corrected chi connectivity index (χ2v) is 7.80. The summed E-state index contributed by atoms with van der Waals surface area (Å²) in [5, 5.41) is 10.7. The van der Waals surface area contributed by atoms with Crippen LogP contribution >= 0.6 is 0 Å². The van der Waals surface area contributed by atoms with Crippen LogP contribution in [0.5, 0.6) is 11.6 Å². The molecule has 0 aliphatic carbocycles. The molecule has 0 atom stereocenters. The Morgan fingerprint density at radius 1 is 0.971 bits per heavy atom. The molecule has 4 aromatic rings. The van der Waals surface area contributed by atoms with E-state index in [0.717, 1.165) is 16.6 Å². The average molecular weight is 460 g/mol. The summed E-state index contributed by atoms with van der Waals surface area (Å²) in [4.78, 5) is 29.3. The van der Waals surface area contributed by atoms with E-state index in [0.29, 0.717) is 34.2 Å². The number of fused-ring (bicyclic) bond motifs is 1. The molecule has 2 heterocycles. The maximum atomic E-state index is 12.5. The number of nitrogens with one attached hydrogen (secondary N) is 2. The van der Waals surface area contributed by atoms with E-state index in [2.05, 4.69) is 20.7 Å². The summed E-state index contributed by atoms with van der Waals surface area (Å²) in [6.45, 7) is 3.67. The number of benzene rings is 2. The van der Waals surface area contributed by atoms with Crippen LogP contribution in [0.15, 0.2) is 54.6 Å². The number of amides is 2. The lowest BCUT2D eigenvalue weighted by molar-refractivity contribution is -0.118. The molecule has 0 radical (unpaired) electrons. The average Bonchev–Trinajstić information content (AvgIpc) is 3.14. The van der Waals surface area contributed by atoms with Gasteiger partial charge in [0.15, 0.2) is 12.3 Å². The van der Waals surface area contributed by atoms with Crippen LogP contribution in [0.25, 0.3) is 11.0 Å². The Hall–Kier alpha value is -4.40. The Morgan fingerprint density at radius 2 is 1.62 bits per heavy atom. The number of ether oxygens (including phenoxy) is 2. The molecular weight excluding hydrogens is 434 g/mol. The molecule has 2 aromatic heterocycles. The van der Waals surface area contributed by atoms with Crippen LogP contribution in [0.2, 0.25) is 0 Å². The molecule has 2 amide bonds. The highest BCUT2D eigenvalue weighted by Gasteiger charge is 2.16. The van der Waals surface area contributed by atoms with E-state index in [4.69, 9.17) is 9.47 Å². The van der Waals surface area contributed by atoms with Gasteiger partial charge < -0.3 is 20.1 Å². The van der Waals surface area contributed by atoms with Crippen LogP contribution in [0.1, 0.15) is 21.6 Å². The summed E-state index contributed by atoms with van der Waals surface area (Å²) in [6, 6.07) is 15.6. The quantitative estimate of drug-likeness (QED) is 0.435. The van der Waals surface area contributed by atoms with Gasteiger partial charge in [-0.3, -0.25) is 9.59 Å². The van der Waals surface area contributed by atoms with Gasteiger partial charge in [-0.05, 0) is 74.0 Å². The first kappa shape index (κ1) is 22.8. The molecule has 2 aromatic carbocycles. The number of carbonyl (C=O) groups excluding carboxylic acids is 2. The van der Waals surface area contributed by atoms with Crippen molar-refractivity contribution in [2.24, 2.45) is 7.05 Å². The Balaban J connectivity index is 1.35. The molecule has 9 nitrogen and oxygen atoms in total. The highest BCUT2D eigenvalue weighted by Crippen LogP contribution is 2.27. The van der Waals surface area contributed by atoms with E-state index in [-0.39, 0.29) is 18.4 Å². The summed E-state index contributed by atoms with van der Waals surface area (Å²) >= 11 is 0. The van der Waals surface area contributed by atoms with E-state index < -0.39 is 0 Å². The maximum Gasteiger partial charge on any atom is 0.262 e. The molecule has 4 rings (SSSR count). The monoisotopic (exact) mass is 459 g/mol. The largest absolute Gasteiger partial charge is 0.497 e. The number of aromatic nitrogens is 3. The summed E-state index contributed by atoms with van der Waals surface area (Å²) in [5.74, 6) is 0.475. The summed E-state index contributed by atoms with van der Waals surface area (Å²) in [5.41, 5.74) is 4.24. The number of aryl methyl sites for hydroxylation is 3. The number of nitrogens with zero attached hydrogens (tertiary/aromatic N) is 3. The van der Waals surface area contributed by atoms with Crippen molar-refractivity contribution in [3.8, 4) is 11.6 Å². The van der Waals surface area contributed by atoms with Gasteiger partial charge in [-0.1, -0.05) is 0 Å². The Morgan fingerprint density at radius 3 is 2.29 bits per heavy atom. The second kappa shape index (κ2) is 9.62. The maximum absolute atomic E-state index is 12.5. The normalized spacial score (nSPS) is 10.7. The molecule has 0 spiro atoms. The predicted octanol–water partition coefficient (Wildman–Crippen LogP) is 3.86. The molecule has 0 aliphatic rings. The third kappa shape index (κ3) is 4.98. The minimum absolute atomic E-state index is 0.209. The van der Waals surface area contributed by atoms with Crippen molar-refractivity contribution < 1.29 is 19.1 Å². The third-order valence-electron chi connectivity index (χ3n) is 5.21. The summed E-state index contributed by atoms with van der Waals surface area (Å²) in [7, 11) is 3.37. The number of hydrogen-bond donors (Lipinski definition) is 2. The van der Waals surface area contributed by atoms with Crippen LogP contribution in [0, 0.1) is 13.8 Å². The number of carbonyl (C=O) groups is 2. The Kier molecular flexibility index (Phi) is 6.44. The lowest BCUT2D eigenvalue weighted by Gasteiger charge is -2.09. The van der Waals surface area contributed by atoms with Gasteiger partial charge in [0.1, 0.15) is 5.75 Å². The van der Waals surface area contributed by atoms with Gasteiger partial charge in [-0.2, -0.15) is 0 Å². The molecule has 0 bridgehead atoms. The van der Waals surface area contributed by atoms with Gasteiger partial charge in [0.2, 0.25) is 5.88 Å². The highest BCUT2D eigenvalue weighted by atomic mass is 16.5. The van der Waals surface area contributed by atoms with Crippen molar-refractivity contribution in [3.05, 3.63) is 71.4 Å². The zero-order valence-corrected chi connectivity index (χ0v) is 19.4. The van der Waals surface area contributed by atoms with Gasteiger partial charge in [0, 0.05) is 29.7 Å². The molecule has 34 heavy (non-hydrogen) atoms. The van der Waals surface area contributed by atoms with Crippen LogP contribution in [0.4, 0.5) is 11.4 Å². The van der Waals surface area contributed by atoms with Gasteiger partial charge in [0.25, 0.3) is 11.8 Å². The molecule has 0 saturated heterocycles. The number of hydrogen-bond acceptors (Lipinski definition) is 6. The van der Waals surface area contributed by atoms with Crippen molar-refractivity contribution in [2.75, 3.05) is 24.4 Å². The van der Waals surface area contributed by atoms with Crippen LogP contribution < -0.4 is 20.1 Å². The van der Waals surface area contributed by atoms with E-state index in [1.165, 1.54) is 0 Å². The van der Waals surface area contributed by atoms with Crippen molar-refractivity contribution in [2.45, 2.75) is 13.8 Å². The lowest BCUT2D eigenvalue weighted by Crippen LogP contribution is -2.20. The van der Waals surface area contributed by atoms with E-state index in [1.807, 2.05) is 19.9 Å². The minimum atomic E-state index is -0.341. The molecule has 0 unspecified atom stereocenters. The molecule has 174 valence electrons. The molecule has 0 aliphatic heterocycles. The fraction of sp³-hybridized carbons (Fsp3) is 0.200. The highest BCUT2D eigenvalue weighted by molar-refractivity contribution is 6.04. The van der Waals surface area contributed by atoms with E-state index >= 15 is 0 Å². The fourth-order valence-electron chi connectivity index (χ4n) is 3.56. The van der Waals surface area contributed by atoms with Gasteiger partial charge in [0.05, 0.1) is 12.5 Å². The number of methoxy groups -OCH3 is 1. The van der Waals surface area contributed by atoms with Crippen molar-refractivity contribution in [1.29, 1.82) is 0 Å². The molecule has 0 saturated carbocycles. The fourth-order valence-corrected chi connectivity index (χ4v) is 3.56. The Bertz CT molecular complexity index is 1340. The molecule has 9 heteroatoms. The number of anilines is 2. The standard InChI is InChI=1S/C25H25N5O4/c1-15-13-16(2)26-23-22(15)25(29-30(23)3)34-14-21(31)27-18-7-5-17(6-8-18)24(32)28-19-9-11-20(33-4)12-10-19/h5-13H,14H2,1-4H3,(H,27,31)(H,28,32). The van der Waals surface area contributed by atoms with Gasteiger partial charge in [-0.25, -0.2) is 9.67 Å².